The summed E-state index contributed by atoms with van der Waals surface area (Å²) in [4.78, 5) is 12.7. The van der Waals surface area contributed by atoms with E-state index in [0.717, 1.165) is 11.4 Å². The lowest BCUT2D eigenvalue weighted by Gasteiger charge is -2.32. The number of hydrogen-bond donors (Lipinski definition) is 2. The summed E-state index contributed by atoms with van der Waals surface area (Å²) in [6.45, 7) is 2.74. The first-order valence-corrected chi connectivity index (χ1v) is 9.26. The second-order valence-electron chi connectivity index (χ2n) is 5.69. The number of nitrogens with zero attached hydrogens (tertiary/aromatic N) is 3. The summed E-state index contributed by atoms with van der Waals surface area (Å²) in [6.07, 6.45) is 0. The molecule has 26 heavy (non-hydrogen) atoms. The van der Waals surface area contributed by atoms with Crippen molar-refractivity contribution < 1.29 is 14.3 Å². The first-order valence-electron chi connectivity index (χ1n) is 8.00. The molecular formula is C16H20ClN5O3S. The van der Waals surface area contributed by atoms with Gasteiger partial charge < -0.3 is 20.2 Å². The zero-order valence-electron chi connectivity index (χ0n) is 14.7. The summed E-state index contributed by atoms with van der Waals surface area (Å²) in [5.41, 5.74) is 4.20. The Kier molecular flexibility index (Phi) is 5.90. The minimum atomic E-state index is -0.438. The van der Waals surface area contributed by atoms with E-state index in [1.54, 1.807) is 31.0 Å². The molecule has 2 atom stereocenters. The highest BCUT2D eigenvalue weighted by atomic mass is 35.5. The van der Waals surface area contributed by atoms with E-state index in [-0.39, 0.29) is 11.9 Å². The number of nitrogens with one attached hydrogen (secondary N) is 2. The van der Waals surface area contributed by atoms with E-state index in [1.165, 1.54) is 11.8 Å². The lowest BCUT2D eigenvalue weighted by Crippen LogP contribution is -2.44. The Hall–Kier alpha value is -1.97. The minimum absolute atomic E-state index is 0.108. The quantitative estimate of drug-likeness (QED) is 0.718. The number of rotatable bonds is 6. The third-order valence-electron chi connectivity index (χ3n) is 4.00. The van der Waals surface area contributed by atoms with Gasteiger partial charge in [-0.05, 0) is 24.6 Å². The van der Waals surface area contributed by atoms with Crippen molar-refractivity contribution in [2.45, 2.75) is 23.4 Å². The Labute approximate surface area is 160 Å². The zero-order chi connectivity index (χ0) is 18.7. The molecule has 0 unspecified atom stereocenters. The van der Waals surface area contributed by atoms with E-state index in [4.69, 9.17) is 21.1 Å². The molecule has 0 bridgehead atoms. The van der Waals surface area contributed by atoms with Crippen LogP contribution in [0.4, 0.5) is 0 Å². The average Bonchev–Trinajstić information content (AvgIpc) is 3.01. The van der Waals surface area contributed by atoms with Gasteiger partial charge in [-0.1, -0.05) is 29.4 Å². The Morgan fingerprint density at radius 3 is 2.92 bits per heavy atom. The normalized spacial score (nSPS) is 18.8. The van der Waals surface area contributed by atoms with Gasteiger partial charge in [-0.25, -0.2) is 4.68 Å². The van der Waals surface area contributed by atoms with Crippen LogP contribution < -0.4 is 15.5 Å². The number of methoxy groups -OCH3 is 2. The standard InChI is InChI=1S/C16H20ClN5O3S/c1-9-19-20-16-22(9)21-13(10-4-5-12(25-3)11(17)8-10)14(26-16)15(23)18-6-7-24-2/h4-5,8,13-14,21H,6-7H2,1-3H3,(H,18,23)/t13-,14-/m0/s1. The molecule has 2 heterocycles. The van der Waals surface area contributed by atoms with Crippen molar-refractivity contribution in [3.05, 3.63) is 34.6 Å². The van der Waals surface area contributed by atoms with E-state index in [0.29, 0.717) is 29.1 Å². The van der Waals surface area contributed by atoms with Gasteiger partial charge in [0.2, 0.25) is 11.1 Å². The molecule has 2 N–H and O–H groups in total. The van der Waals surface area contributed by atoms with Gasteiger partial charge in [-0.15, -0.1) is 10.2 Å². The second-order valence-corrected chi connectivity index (χ2v) is 7.20. The van der Waals surface area contributed by atoms with Crippen molar-refractivity contribution in [1.82, 2.24) is 20.2 Å². The monoisotopic (exact) mass is 397 g/mol. The topological polar surface area (TPSA) is 90.3 Å². The predicted molar refractivity (Wildman–Crippen MR) is 99.4 cm³/mol. The van der Waals surface area contributed by atoms with Crippen molar-refractivity contribution in [2.75, 3.05) is 32.8 Å². The Morgan fingerprint density at radius 2 is 2.23 bits per heavy atom. The molecule has 0 fully saturated rings. The van der Waals surface area contributed by atoms with Crippen LogP contribution in [0, 0.1) is 6.92 Å². The van der Waals surface area contributed by atoms with Crippen LogP contribution in [0.2, 0.25) is 5.02 Å². The fourth-order valence-electron chi connectivity index (χ4n) is 2.66. The molecule has 0 aliphatic carbocycles. The molecule has 1 aliphatic heterocycles. The second kappa shape index (κ2) is 8.15. The number of benzene rings is 1. The molecule has 1 amide bonds. The maximum absolute atomic E-state index is 12.7. The number of hydrogen-bond acceptors (Lipinski definition) is 7. The Balaban J connectivity index is 1.91. The molecule has 1 aromatic carbocycles. The minimum Gasteiger partial charge on any atom is -0.495 e. The van der Waals surface area contributed by atoms with E-state index >= 15 is 0 Å². The SMILES string of the molecule is COCCNC(=O)[C@H]1Sc2nnc(C)n2N[C@H]1c1ccc(OC)c(Cl)c1. The van der Waals surface area contributed by atoms with Crippen molar-refractivity contribution in [3.8, 4) is 5.75 Å². The summed E-state index contributed by atoms with van der Waals surface area (Å²) in [5.74, 6) is 1.19. The number of halogens is 1. The molecular weight excluding hydrogens is 378 g/mol. The Bertz CT molecular complexity index is 800. The van der Waals surface area contributed by atoms with Gasteiger partial charge in [0.1, 0.15) is 16.8 Å². The number of amides is 1. The van der Waals surface area contributed by atoms with E-state index in [2.05, 4.69) is 20.9 Å². The van der Waals surface area contributed by atoms with Crippen LogP contribution in [-0.2, 0) is 9.53 Å². The third kappa shape index (κ3) is 3.74. The summed E-state index contributed by atoms with van der Waals surface area (Å²) in [7, 11) is 3.16. The number of carbonyl (C=O) groups is 1. The zero-order valence-corrected chi connectivity index (χ0v) is 16.2. The molecule has 2 aromatic rings. The fraction of sp³-hybridized carbons (Fsp3) is 0.438. The molecule has 0 saturated heterocycles. The highest BCUT2D eigenvalue weighted by molar-refractivity contribution is 8.00. The van der Waals surface area contributed by atoms with Gasteiger partial charge in [0.15, 0.2) is 0 Å². The van der Waals surface area contributed by atoms with Crippen LogP contribution in [0.1, 0.15) is 17.4 Å². The molecule has 0 spiro atoms. The maximum atomic E-state index is 12.7. The molecule has 1 aromatic heterocycles. The first-order chi connectivity index (χ1) is 12.5. The molecule has 10 heteroatoms. The van der Waals surface area contributed by atoms with Gasteiger partial charge >= 0.3 is 0 Å². The third-order valence-corrected chi connectivity index (χ3v) is 5.51. The average molecular weight is 398 g/mol. The highest BCUT2D eigenvalue weighted by Crippen LogP contribution is 2.38. The number of fused-ring (bicyclic) bond motifs is 1. The maximum Gasteiger partial charge on any atom is 0.236 e. The van der Waals surface area contributed by atoms with Crippen molar-refractivity contribution in [3.63, 3.8) is 0 Å². The smallest absolute Gasteiger partial charge is 0.236 e. The van der Waals surface area contributed by atoms with Crippen molar-refractivity contribution >= 4 is 29.3 Å². The predicted octanol–water partition coefficient (Wildman–Crippen LogP) is 1.77. The van der Waals surface area contributed by atoms with Gasteiger partial charge in [0.25, 0.3) is 0 Å². The number of thioether (sulfide) groups is 1. The fourth-order valence-corrected chi connectivity index (χ4v) is 4.08. The summed E-state index contributed by atoms with van der Waals surface area (Å²) >= 11 is 7.64. The van der Waals surface area contributed by atoms with Gasteiger partial charge in [-0.2, -0.15) is 0 Å². The summed E-state index contributed by atoms with van der Waals surface area (Å²) in [6, 6.07) is 5.17. The number of ether oxygens (including phenoxy) is 2. The largest absolute Gasteiger partial charge is 0.495 e. The van der Waals surface area contributed by atoms with E-state index in [9.17, 15) is 4.79 Å². The molecule has 0 radical (unpaired) electrons. The van der Waals surface area contributed by atoms with Gasteiger partial charge in [-0.3, -0.25) is 4.79 Å². The highest BCUT2D eigenvalue weighted by Gasteiger charge is 2.37. The lowest BCUT2D eigenvalue weighted by molar-refractivity contribution is -0.121. The lowest BCUT2D eigenvalue weighted by atomic mass is 10.0. The molecule has 1 aliphatic rings. The molecule has 140 valence electrons. The van der Waals surface area contributed by atoms with Crippen LogP contribution in [0.5, 0.6) is 5.75 Å². The van der Waals surface area contributed by atoms with Crippen LogP contribution in [0.25, 0.3) is 0 Å². The molecule has 8 nitrogen and oxygen atoms in total. The van der Waals surface area contributed by atoms with Crippen LogP contribution in [0.3, 0.4) is 0 Å². The summed E-state index contributed by atoms with van der Waals surface area (Å²) in [5, 5.41) is 11.8. The number of carbonyl (C=O) groups excluding carboxylic acids is 1. The van der Waals surface area contributed by atoms with Crippen molar-refractivity contribution in [1.29, 1.82) is 0 Å². The van der Waals surface area contributed by atoms with E-state index in [1.807, 2.05) is 13.0 Å². The van der Waals surface area contributed by atoms with E-state index < -0.39 is 5.25 Å². The van der Waals surface area contributed by atoms with Crippen LogP contribution in [0.15, 0.2) is 23.4 Å². The van der Waals surface area contributed by atoms with Crippen LogP contribution in [-0.4, -0.2) is 53.4 Å². The number of aromatic nitrogens is 3. The van der Waals surface area contributed by atoms with Gasteiger partial charge in [0, 0.05) is 13.7 Å². The van der Waals surface area contributed by atoms with Crippen LogP contribution >= 0.6 is 23.4 Å². The molecule has 3 rings (SSSR count). The summed E-state index contributed by atoms with van der Waals surface area (Å²) < 4.78 is 12.0. The van der Waals surface area contributed by atoms with Gasteiger partial charge in [0.05, 0.1) is 24.8 Å². The Morgan fingerprint density at radius 1 is 1.42 bits per heavy atom. The van der Waals surface area contributed by atoms with Crippen molar-refractivity contribution in [2.24, 2.45) is 0 Å². The first kappa shape index (κ1) is 18.8. The number of aryl methyl sites for hydroxylation is 1. The molecule has 0 saturated carbocycles.